The van der Waals surface area contributed by atoms with Crippen molar-refractivity contribution < 1.29 is 4.42 Å². The van der Waals surface area contributed by atoms with Crippen molar-refractivity contribution in [2.75, 3.05) is 0 Å². The molecule has 0 bridgehead atoms. The summed E-state index contributed by atoms with van der Waals surface area (Å²) in [5.41, 5.74) is 9.46. The SMILES string of the molecule is c1ccc(-c2nc(-c3ccccc3)nc(-c3ccc4c(c3)sc3cc(-c5ccccc5-c5ccc6oc7ccccc7c6c5)ccc34)n2)cc1. The first kappa shape index (κ1) is 28.6. The molecule has 0 atom stereocenters. The molecule has 0 radical (unpaired) electrons. The highest BCUT2D eigenvalue weighted by molar-refractivity contribution is 7.25. The van der Waals surface area contributed by atoms with Crippen LogP contribution in [-0.4, -0.2) is 15.0 Å². The molecular weight excluding hydrogens is 631 g/mol. The summed E-state index contributed by atoms with van der Waals surface area (Å²) in [5, 5.41) is 4.74. The molecule has 5 heteroatoms. The highest BCUT2D eigenvalue weighted by Crippen LogP contribution is 2.41. The van der Waals surface area contributed by atoms with Gasteiger partial charge >= 0.3 is 0 Å². The average molecular weight is 658 g/mol. The molecule has 0 saturated heterocycles. The van der Waals surface area contributed by atoms with Crippen LogP contribution in [-0.2, 0) is 0 Å². The van der Waals surface area contributed by atoms with Crippen LogP contribution in [0.5, 0.6) is 0 Å². The highest BCUT2D eigenvalue weighted by Gasteiger charge is 2.16. The normalized spacial score (nSPS) is 11.6. The minimum atomic E-state index is 0.661. The van der Waals surface area contributed by atoms with Crippen LogP contribution in [0.4, 0.5) is 0 Å². The minimum Gasteiger partial charge on any atom is -0.456 e. The molecule has 10 aromatic rings. The summed E-state index contributed by atoms with van der Waals surface area (Å²) in [6, 6.07) is 57.0. The lowest BCUT2D eigenvalue weighted by Gasteiger charge is -2.11. The van der Waals surface area contributed by atoms with E-state index in [0.717, 1.165) is 38.6 Å². The molecule has 50 heavy (non-hydrogen) atoms. The lowest BCUT2D eigenvalue weighted by molar-refractivity contribution is 0.669. The van der Waals surface area contributed by atoms with Crippen LogP contribution in [0, 0.1) is 0 Å². The Morgan fingerprint density at radius 2 is 0.820 bits per heavy atom. The fourth-order valence-electron chi connectivity index (χ4n) is 6.90. The molecule has 7 aromatic carbocycles. The summed E-state index contributed by atoms with van der Waals surface area (Å²) in [6.07, 6.45) is 0. The molecule has 0 spiro atoms. The van der Waals surface area contributed by atoms with Crippen molar-refractivity contribution in [3.8, 4) is 56.4 Å². The van der Waals surface area contributed by atoms with Gasteiger partial charge in [-0.1, -0.05) is 133 Å². The van der Waals surface area contributed by atoms with Gasteiger partial charge in [0.25, 0.3) is 0 Å². The number of hydrogen-bond acceptors (Lipinski definition) is 5. The predicted octanol–water partition coefficient (Wildman–Crippen LogP) is 12.5. The Balaban J connectivity index is 1.07. The summed E-state index contributed by atoms with van der Waals surface area (Å²) in [7, 11) is 0. The van der Waals surface area contributed by atoms with Gasteiger partial charge in [-0.2, -0.15) is 0 Å². The van der Waals surface area contributed by atoms with Crippen molar-refractivity contribution in [1.29, 1.82) is 0 Å². The molecule has 0 amide bonds. The number of aromatic nitrogens is 3. The van der Waals surface area contributed by atoms with Crippen LogP contribution in [0.1, 0.15) is 0 Å². The van der Waals surface area contributed by atoms with Gasteiger partial charge in [-0.3, -0.25) is 0 Å². The van der Waals surface area contributed by atoms with E-state index in [1.807, 2.05) is 72.8 Å². The van der Waals surface area contributed by atoms with Crippen molar-refractivity contribution in [3.05, 3.63) is 164 Å². The third-order valence-corrected chi connectivity index (χ3v) is 10.5. The Morgan fingerprint density at radius 1 is 0.340 bits per heavy atom. The number of fused-ring (bicyclic) bond motifs is 6. The van der Waals surface area contributed by atoms with E-state index in [4.69, 9.17) is 19.4 Å². The molecule has 3 aromatic heterocycles. The van der Waals surface area contributed by atoms with Crippen molar-refractivity contribution in [2.45, 2.75) is 0 Å². The first-order valence-electron chi connectivity index (χ1n) is 16.6. The molecule has 0 aliphatic carbocycles. The number of furan rings is 1. The van der Waals surface area contributed by atoms with Gasteiger partial charge in [0.1, 0.15) is 11.2 Å². The highest BCUT2D eigenvalue weighted by atomic mass is 32.1. The molecule has 10 rings (SSSR count). The van der Waals surface area contributed by atoms with E-state index in [1.54, 1.807) is 11.3 Å². The summed E-state index contributed by atoms with van der Waals surface area (Å²) in [6.45, 7) is 0. The second-order valence-electron chi connectivity index (χ2n) is 12.4. The number of hydrogen-bond donors (Lipinski definition) is 0. The fraction of sp³-hybridized carbons (Fsp3) is 0. The van der Waals surface area contributed by atoms with Gasteiger partial charge in [-0.15, -0.1) is 11.3 Å². The number of para-hydroxylation sites is 1. The van der Waals surface area contributed by atoms with Gasteiger partial charge in [0.05, 0.1) is 0 Å². The zero-order valence-corrected chi connectivity index (χ0v) is 27.6. The Hall–Kier alpha value is -6.43. The Kier molecular flexibility index (Phi) is 6.64. The molecule has 4 nitrogen and oxygen atoms in total. The van der Waals surface area contributed by atoms with Crippen molar-refractivity contribution in [2.24, 2.45) is 0 Å². The van der Waals surface area contributed by atoms with E-state index in [9.17, 15) is 0 Å². The van der Waals surface area contributed by atoms with Crippen LogP contribution in [0.15, 0.2) is 168 Å². The van der Waals surface area contributed by atoms with E-state index in [2.05, 4.69) is 91.0 Å². The van der Waals surface area contributed by atoms with Crippen LogP contribution < -0.4 is 0 Å². The Bertz CT molecular complexity index is 2820. The van der Waals surface area contributed by atoms with Crippen LogP contribution >= 0.6 is 11.3 Å². The van der Waals surface area contributed by atoms with Crippen LogP contribution in [0.25, 0.3) is 98.5 Å². The molecule has 0 fully saturated rings. The summed E-state index contributed by atoms with van der Waals surface area (Å²) in [5.74, 6) is 1.98. The molecule has 0 N–H and O–H groups in total. The molecule has 3 heterocycles. The zero-order valence-electron chi connectivity index (χ0n) is 26.7. The van der Waals surface area contributed by atoms with Gasteiger partial charge < -0.3 is 4.42 Å². The quantitative estimate of drug-likeness (QED) is 0.185. The lowest BCUT2D eigenvalue weighted by Crippen LogP contribution is -1.99. The summed E-state index contributed by atoms with van der Waals surface area (Å²) in [4.78, 5) is 14.8. The number of nitrogens with zero attached hydrogens (tertiary/aromatic N) is 3. The number of thiophene rings is 1. The fourth-order valence-corrected chi connectivity index (χ4v) is 8.09. The van der Waals surface area contributed by atoms with Gasteiger partial charge in [0.2, 0.25) is 0 Å². The molecule has 0 aliphatic heterocycles. The van der Waals surface area contributed by atoms with Crippen molar-refractivity contribution in [1.82, 2.24) is 15.0 Å². The first-order valence-corrected chi connectivity index (χ1v) is 17.4. The van der Waals surface area contributed by atoms with E-state index in [-0.39, 0.29) is 0 Å². The second kappa shape index (κ2) is 11.6. The van der Waals surface area contributed by atoms with Gasteiger partial charge in [-0.25, -0.2) is 15.0 Å². The van der Waals surface area contributed by atoms with Crippen LogP contribution in [0.2, 0.25) is 0 Å². The first-order chi connectivity index (χ1) is 24.7. The van der Waals surface area contributed by atoms with E-state index in [1.165, 1.54) is 42.4 Å². The largest absolute Gasteiger partial charge is 0.456 e. The molecular formula is C45H27N3OS. The zero-order chi connectivity index (χ0) is 33.0. The maximum atomic E-state index is 6.11. The topological polar surface area (TPSA) is 51.8 Å². The van der Waals surface area contributed by atoms with Crippen LogP contribution in [0.3, 0.4) is 0 Å². The maximum Gasteiger partial charge on any atom is 0.164 e. The van der Waals surface area contributed by atoms with Gasteiger partial charge in [-0.05, 0) is 52.6 Å². The Labute approximate surface area is 292 Å². The monoisotopic (exact) mass is 657 g/mol. The average Bonchev–Trinajstić information content (AvgIpc) is 3.75. The third-order valence-electron chi connectivity index (χ3n) is 9.36. The summed E-state index contributed by atoms with van der Waals surface area (Å²) < 4.78 is 8.55. The lowest BCUT2D eigenvalue weighted by atomic mass is 9.93. The maximum absolute atomic E-state index is 6.11. The molecule has 0 saturated carbocycles. The summed E-state index contributed by atoms with van der Waals surface area (Å²) >= 11 is 1.80. The van der Waals surface area contributed by atoms with Crippen molar-refractivity contribution >= 4 is 53.4 Å². The second-order valence-corrected chi connectivity index (χ2v) is 13.5. The Morgan fingerprint density at radius 3 is 1.48 bits per heavy atom. The third kappa shape index (κ3) is 4.87. The standard InChI is InChI=1S/C45H27N3OS/c1-3-11-28(12-4-1)43-46-44(29-13-5-2-6-14-29)48-45(47-43)32-20-23-37-36-22-19-31(26-41(36)50-42(37)27-32)34-16-8-7-15-33(34)30-21-24-40-38(25-30)35-17-9-10-18-39(35)49-40/h1-27H. The smallest absolute Gasteiger partial charge is 0.164 e. The van der Waals surface area contributed by atoms with E-state index < -0.39 is 0 Å². The van der Waals surface area contributed by atoms with Gasteiger partial charge in [0.15, 0.2) is 17.5 Å². The molecule has 0 unspecified atom stereocenters. The number of benzene rings is 7. The van der Waals surface area contributed by atoms with E-state index in [0.29, 0.717) is 17.5 Å². The van der Waals surface area contributed by atoms with E-state index >= 15 is 0 Å². The number of rotatable bonds is 5. The minimum absolute atomic E-state index is 0.661. The van der Waals surface area contributed by atoms with Crippen molar-refractivity contribution in [3.63, 3.8) is 0 Å². The van der Waals surface area contributed by atoms with Gasteiger partial charge in [0, 0.05) is 47.6 Å². The predicted molar refractivity (Wildman–Crippen MR) is 207 cm³/mol. The molecule has 234 valence electrons. The molecule has 0 aliphatic rings.